The van der Waals surface area contributed by atoms with E-state index in [2.05, 4.69) is 10.6 Å². The van der Waals surface area contributed by atoms with Gasteiger partial charge in [-0.25, -0.2) is 4.79 Å². The number of benzene rings is 1. The number of carbonyl (C=O) groups excluding carboxylic acids is 2. The van der Waals surface area contributed by atoms with Crippen LogP contribution in [0.3, 0.4) is 0 Å². The summed E-state index contributed by atoms with van der Waals surface area (Å²) in [7, 11) is 0. The van der Waals surface area contributed by atoms with Crippen LogP contribution in [-0.4, -0.2) is 22.6 Å². The average Bonchev–Trinajstić information content (AvgIpc) is 2.52. The van der Waals surface area contributed by atoms with Crippen LogP contribution in [0.15, 0.2) is 24.3 Å². The number of nitrogens with one attached hydrogen (secondary N) is 2. The second-order valence-corrected chi connectivity index (χ2v) is 4.41. The van der Waals surface area contributed by atoms with E-state index in [1.54, 1.807) is 31.2 Å². The fraction of sp³-hybridized carbons (Fsp3) is 0.333. The summed E-state index contributed by atoms with van der Waals surface area (Å²) in [6.45, 7) is 1.70. The van der Waals surface area contributed by atoms with E-state index in [0.717, 1.165) is 5.56 Å². The maximum Gasteiger partial charge on any atom is 0.322 e. The van der Waals surface area contributed by atoms with Crippen molar-refractivity contribution in [3.8, 4) is 5.75 Å². The minimum Gasteiger partial charge on any atom is -0.508 e. The molecule has 0 spiro atoms. The number of imide groups is 1. The van der Waals surface area contributed by atoms with Gasteiger partial charge in [-0.2, -0.15) is 0 Å². The molecule has 17 heavy (non-hydrogen) atoms. The first kappa shape index (κ1) is 11.4. The Morgan fingerprint density at radius 2 is 1.88 bits per heavy atom. The maximum atomic E-state index is 11.5. The van der Waals surface area contributed by atoms with Crippen molar-refractivity contribution in [2.24, 2.45) is 0 Å². The fourth-order valence-electron chi connectivity index (χ4n) is 1.81. The minimum absolute atomic E-state index is 0.215. The Morgan fingerprint density at radius 1 is 1.24 bits per heavy atom. The molecule has 1 fully saturated rings. The molecule has 1 aromatic carbocycles. The summed E-state index contributed by atoms with van der Waals surface area (Å²) in [6.07, 6.45) is 1.18. The molecule has 1 aromatic rings. The SMILES string of the molecule is C[C@@]1(CCc2ccc(O)cc2)NC(=O)NC1=O. The first-order valence-electron chi connectivity index (χ1n) is 5.41. The molecule has 1 saturated heterocycles. The van der Waals surface area contributed by atoms with Crippen molar-refractivity contribution in [2.45, 2.75) is 25.3 Å². The number of hydrogen-bond donors (Lipinski definition) is 3. The van der Waals surface area contributed by atoms with Gasteiger partial charge in [0.2, 0.25) is 0 Å². The number of amides is 3. The molecule has 3 N–H and O–H groups in total. The number of phenolic OH excluding ortho intramolecular Hbond substituents is 1. The molecule has 2 rings (SSSR count). The third kappa shape index (κ3) is 2.38. The van der Waals surface area contributed by atoms with Crippen LogP contribution in [-0.2, 0) is 11.2 Å². The third-order valence-corrected chi connectivity index (χ3v) is 2.97. The van der Waals surface area contributed by atoms with Gasteiger partial charge in [-0.05, 0) is 37.5 Å². The number of rotatable bonds is 3. The second kappa shape index (κ2) is 4.08. The molecule has 1 atom stereocenters. The van der Waals surface area contributed by atoms with Gasteiger partial charge < -0.3 is 10.4 Å². The van der Waals surface area contributed by atoms with Crippen molar-refractivity contribution >= 4 is 11.9 Å². The van der Waals surface area contributed by atoms with Crippen LogP contribution in [0.5, 0.6) is 5.75 Å². The van der Waals surface area contributed by atoms with Crippen molar-refractivity contribution in [3.05, 3.63) is 29.8 Å². The van der Waals surface area contributed by atoms with Gasteiger partial charge in [-0.15, -0.1) is 0 Å². The maximum absolute atomic E-state index is 11.5. The Kier molecular flexibility index (Phi) is 2.75. The number of carbonyl (C=O) groups is 2. The number of urea groups is 1. The number of aryl methyl sites for hydroxylation is 1. The zero-order valence-electron chi connectivity index (χ0n) is 9.49. The predicted molar refractivity (Wildman–Crippen MR) is 61.5 cm³/mol. The molecule has 5 nitrogen and oxygen atoms in total. The van der Waals surface area contributed by atoms with Crippen molar-refractivity contribution in [2.75, 3.05) is 0 Å². The van der Waals surface area contributed by atoms with Gasteiger partial charge in [0.15, 0.2) is 0 Å². The molecule has 5 heteroatoms. The molecule has 3 amide bonds. The molecule has 0 bridgehead atoms. The van der Waals surface area contributed by atoms with Crippen LogP contribution in [0.2, 0.25) is 0 Å². The quantitative estimate of drug-likeness (QED) is 0.680. The minimum atomic E-state index is -0.838. The van der Waals surface area contributed by atoms with E-state index in [9.17, 15) is 9.59 Å². The Morgan fingerprint density at radius 3 is 2.41 bits per heavy atom. The van der Waals surface area contributed by atoms with Crippen LogP contribution in [0, 0.1) is 0 Å². The summed E-state index contributed by atoms with van der Waals surface area (Å²) in [5.74, 6) is -0.0758. The highest BCUT2D eigenvalue weighted by molar-refractivity contribution is 6.06. The molecule has 1 heterocycles. The topological polar surface area (TPSA) is 78.4 Å². The van der Waals surface area contributed by atoms with E-state index in [1.807, 2.05) is 0 Å². The average molecular weight is 234 g/mol. The second-order valence-electron chi connectivity index (χ2n) is 4.41. The van der Waals surface area contributed by atoms with Gasteiger partial charge in [0.1, 0.15) is 11.3 Å². The zero-order valence-corrected chi connectivity index (χ0v) is 9.49. The van der Waals surface area contributed by atoms with E-state index in [1.165, 1.54) is 0 Å². The normalized spacial score (nSPS) is 23.4. The van der Waals surface area contributed by atoms with E-state index in [0.29, 0.717) is 12.8 Å². The molecule has 0 unspecified atom stereocenters. The van der Waals surface area contributed by atoms with Crippen LogP contribution in [0.1, 0.15) is 18.9 Å². The molecule has 0 aliphatic carbocycles. The summed E-state index contributed by atoms with van der Waals surface area (Å²) in [6, 6.07) is 6.36. The van der Waals surface area contributed by atoms with Crippen LogP contribution in [0.25, 0.3) is 0 Å². The number of hydrogen-bond acceptors (Lipinski definition) is 3. The number of phenols is 1. The summed E-state index contributed by atoms with van der Waals surface area (Å²) < 4.78 is 0. The van der Waals surface area contributed by atoms with E-state index in [-0.39, 0.29) is 11.7 Å². The van der Waals surface area contributed by atoms with Gasteiger partial charge in [-0.1, -0.05) is 12.1 Å². The molecule has 0 radical (unpaired) electrons. The lowest BCUT2D eigenvalue weighted by atomic mass is 9.93. The molecule has 0 saturated carbocycles. The first-order valence-corrected chi connectivity index (χ1v) is 5.41. The Hall–Kier alpha value is -2.04. The van der Waals surface area contributed by atoms with Crippen LogP contribution < -0.4 is 10.6 Å². The highest BCUT2D eigenvalue weighted by atomic mass is 16.3. The zero-order chi connectivity index (χ0) is 12.5. The Balaban J connectivity index is 2.00. The smallest absolute Gasteiger partial charge is 0.322 e. The summed E-state index contributed by atoms with van der Waals surface area (Å²) in [5, 5.41) is 14.0. The van der Waals surface area contributed by atoms with Gasteiger partial charge >= 0.3 is 6.03 Å². The van der Waals surface area contributed by atoms with Gasteiger partial charge in [0.05, 0.1) is 0 Å². The van der Waals surface area contributed by atoms with E-state index in [4.69, 9.17) is 5.11 Å². The van der Waals surface area contributed by atoms with Crippen LogP contribution in [0.4, 0.5) is 4.79 Å². The molecular weight excluding hydrogens is 220 g/mol. The summed E-state index contributed by atoms with van der Waals surface area (Å²) >= 11 is 0. The van der Waals surface area contributed by atoms with Crippen LogP contribution >= 0.6 is 0 Å². The molecule has 90 valence electrons. The fourth-order valence-corrected chi connectivity index (χ4v) is 1.81. The summed E-state index contributed by atoms with van der Waals surface area (Å²) in [4.78, 5) is 22.6. The lowest BCUT2D eigenvalue weighted by Crippen LogP contribution is -2.43. The standard InChI is InChI=1S/C12H14N2O3/c1-12(10(16)13-11(17)14-12)7-6-8-2-4-9(15)5-3-8/h2-5,15H,6-7H2,1H3,(H2,13,14,16,17)/t12-/m0/s1. The Labute approximate surface area is 98.8 Å². The molecule has 1 aliphatic heterocycles. The van der Waals surface area contributed by atoms with E-state index < -0.39 is 11.6 Å². The molecular formula is C12H14N2O3. The number of aromatic hydroxyl groups is 1. The largest absolute Gasteiger partial charge is 0.508 e. The van der Waals surface area contributed by atoms with E-state index >= 15 is 0 Å². The lowest BCUT2D eigenvalue weighted by molar-refractivity contribution is -0.123. The summed E-state index contributed by atoms with van der Waals surface area (Å²) in [5.41, 5.74) is 0.174. The highest BCUT2D eigenvalue weighted by Crippen LogP contribution is 2.19. The van der Waals surface area contributed by atoms with Crippen molar-refractivity contribution in [1.82, 2.24) is 10.6 Å². The third-order valence-electron chi connectivity index (χ3n) is 2.97. The van der Waals surface area contributed by atoms with Crippen molar-refractivity contribution in [3.63, 3.8) is 0 Å². The molecule has 1 aliphatic rings. The van der Waals surface area contributed by atoms with Gasteiger partial charge in [-0.3, -0.25) is 10.1 Å². The lowest BCUT2D eigenvalue weighted by Gasteiger charge is -2.20. The highest BCUT2D eigenvalue weighted by Gasteiger charge is 2.41. The van der Waals surface area contributed by atoms with Gasteiger partial charge in [0.25, 0.3) is 5.91 Å². The molecule has 0 aromatic heterocycles. The van der Waals surface area contributed by atoms with Gasteiger partial charge in [0, 0.05) is 0 Å². The first-order chi connectivity index (χ1) is 7.99. The monoisotopic (exact) mass is 234 g/mol. The Bertz CT molecular complexity index is 455. The predicted octanol–water partition coefficient (Wildman–Crippen LogP) is 0.923. The van der Waals surface area contributed by atoms with Crippen molar-refractivity contribution < 1.29 is 14.7 Å². The van der Waals surface area contributed by atoms with Crippen molar-refractivity contribution in [1.29, 1.82) is 0 Å².